The Bertz CT molecular complexity index is 922. The van der Waals surface area contributed by atoms with Gasteiger partial charge in [-0.3, -0.25) is 9.59 Å². The molecule has 0 heterocycles. The van der Waals surface area contributed by atoms with Crippen molar-refractivity contribution < 1.29 is 14.3 Å². The summed E-state index contributed by atoms with van der Waals surface area (Å²) in [6, 6.07) is 26.9. The molecule has 3 nitrogen and oxygen atoms in total. The third-order valence-corrected chi connectivity index (χ3v) is 5.21. The van der Waals surface area contributed by atoms with E-state index in [4.69, 9.17) is 4.74 Å². The highest BCUT2D eigenvalue weighted by Crippen LogP contribution is 2.52. The molecule has 128 valence electrons. The number of ketones is 1. The Morgan fingerprint density at radius 3 is 1.85 bits per heavy atom. The minimum atomic E-state index is -0.949. The van der Waals surface area contributed by atoms with Gasteiger partial charge in [0, 0.05) is 5.56 Å². The average Bonchev–Trinajstić information content (AvgIpc) is 2.99. The molecule has 1 unspecified atom stereocenters. The van der Waals surface area contributed by atoms with Gasteiger partial charge >= 0.3 is 5.97 Å². The quantitative estimate of drug-likeness (QED) is 0.534. The van der Waals surface area contributed by atoms with E-state index >= 15 is 0 Å². The molecule has 3 heteroatoms. The maximum atomic E-state index is 13.3. The van der Waals surface area contributed by atoms with Gasteiger partial charge < -0.3 is 4.74 Å². The summed E-state index contributed by atoms with van der Waals surface area (Å²) in [5.74, 6) is -1.66. The van der Waals surface area contributed by atoms with Crippen LogP contribution in [0.2, 0.25) is 0 Å². The molecular weight excluding hydrogens is 324 g/mol. The van der Waals surface area contributed by atoms with Gasteiger partial charge in [-0.25, -0.2) is 0 Å². The second-order valence-electron chi connectivity index (χ2n) is 6.41. The zero-order chi connectivity index (χ0) is 18.1. The predicted molar refractivity (Wildman–Crippen MR) is 99.0 cm³/mol. The number of methoxy groups -OCH3 is 1. The first-order valence-electron chi connectivity index (χ1n) is 8.54. The first-order valence-corrected chi connectivity index (χ1v) is 8.54. The van der Waals surface area contributed by atoms with Gasteiger partial charge in [0.2, 0.25) is 0 Å². The van der Waals surface area contributed by atoms with E-state index in [9.17, 15) is 9.59 Å². The fourth-order valence-corrected chi connectivity index (χ4v) is 4.16. The van der Waals surface area contributed by atoms with Gasteiger partial charge in [-0.15, -0.1) is 0 Å². The summed E-state index contributed by atoms with van der Waals surface area (Å²) in [6.07, 6.45) is 0. The summed E-state index contributed by atoms with van der Waals surface area (Å²) in [4.78, 5) is 26.1. The van der Waals surface area contributed by atoms with Crippen molar-refractivity contribution in [1.29, 1.82) is 0 Å². The summed E-state index contributed by atoms with van der Waals surface area (Å²) >= 11 is 0. The third-order valence-electron chi connectivity index (χ3n) is 5.21. The third kappa shape index (κ3) is 2.14. The second-order valence-corrected chi connectivity index (χ2v) is 6.41. The van der Waals surface area contributed by atoms with E-state index in [-0.39, 0.29) is 5.78 Å². The lowest BCUT2D eigenvalue weighted by atomic mass is 9.65. The molecule has 3 aromatic carbocycles. The molecule has 1 aliphatic carbocycles. The molecule has 0 bridgehead atoms. The molecule has 0 amide bonds. The highest BCUT2D eigenvalue weighted by molar-refractivity contribution is 6.15. The highest BCUT2D eigenvalue weighted by atomic mass is 16.5. The van der Waals surface area contributed by atoms with Gasteiger partial charge in [-0.05, 0) is 16.7 Å². The lowest BCUT2D eigenvalue weighted by molar-refractivity contribution is -0.144. The van der Waals surface area contributed by atoms with Gasteiger partial charge in [-0.1, -0.05) is 84.9 Å². The average molecular weight is 342 g/mol. The van der Waals surface area contributed by atoms with Crippen molar-refractivity contribution in [3.05, 3.63) is 107 Å². The van der Waals surface area contributed by atoms with Gasteiger partial charge in [0.15, 0.2) is 5.78 Å². The zero-order valence-corrected chi connectivity index (χ0v) is 14.4. The molecule has 0 radical (unpaired) electrons. The van der Waals surface area contributed by atoms with Crippen LogP contribution in [0, 0.1) is 5.92 Å². The Labute approximate surface area is 152 Å². The summed E-state index contributed by atoms with van der Waals surface area (Å²) < 4.78 is 5.07. The van der Waals surface area contributed by atoms with E-state index in [2.05, 4.69) is 0 Å². The van der Waals surface area contributed by atoms with Gasteiger partial charge in [0.05, 0.1) is 12.5 Å². The zero-order valence-electron chi connectivity index (χ0n) is 14.4. The molecule has 0 N–H and O–H groups in total. The van der Waals surface area contributed by atoms with E-state index in [0.717, 1.165) is 16.7 Å². The van der Waals surface area contributed by atoms with Crippen molar-refractivity contribution in [3.63, 3.8) is 0 Å². The van der Waals surface area contributed by atoms with Crippen LogP contribution in [0.3, 0.4) is 0 Å². The van der Waals surface area contributed by atoms with Crippen LogP contribution >= 0.6 is 0 Å². The minimum absolute atomic E-state index is 0.194. The number of hydrogen-bond acceptors (Lipinski definition) is 3. The number of hydrogen-bond donors (Lipinski definition) is 0. The van der Waals surface area contributed by atoms with E-state index in [1.165, 1.54) is 7.11 Å². The molecular formula is C23H18O3. The van der Waals surface area contributed by atoms with Gasteiger partial charge in [-0.2, -0.15) is 0 Å². The highest BCUT2D eigenvalue weighted by Gasteiger charge is 2.57. The predicted octanol–water partition coefficient (Wildman–Crippen LogP) is 4.01. The van der Waals surface area contributed by atoms with Crippen molar-refractivity contribution in [2.24, 2.45) is 5.92 Å². The van der Waals surface area contributed by atoms with E-state index < -0.39 is 17.3 Å². The number of carbonyl (C=O) groups is 2. The van der Waals surface area contributed by atoms with Crippen molar-refractivity contribution >= 4 is 11.8 Å². The monoisotopic (exact) mass is 342 g/mol. The van der Waals surface area contributed by atoms with Crippen LogP contribution in [0.5, 0.6) is 0 Å². The first kappa shape index (κ1) is 16.3. The van der Waals surface area contributed by atoms with Gasteiger partial charge in [0.25, 0.3) is 0 Å². The van der Waals surface area contributed by atoms with Crippen molar-refractivity contribution in [2.45, 2.75) is 5.41 Å². The molecule has 0 spiro atoms. The van der Waals surface area contributed by atoms with Crippen molar-refractivity contribution in [3.8, 4) is 0 Å². The Morgan fingerprint density at radius 1 is 0.808 bits per heavy atom. The molecule has 4 rings (SSSR count). The number of carbonyl (C=O) groups excluding carboxylic acids is 2. The Hall–Kier alpha value is -3.20. The maximum absolute atomic E-state index is 13.3. The van der Waals surface area contributed by atoms with Crippen LogP contribution in [-0.4, -0.2) is 18.9 Å². The summed E-state index contributed by atoms with van der Waals surface area (Å²) in [5.41, 5.74) is 2.33. The largest absolute Gasteiger partial charge is 0.468 e. The van der Waals surface area contributed by atoms with Crippen LogP contribution < -0.4 is 0 Å². The van der Waals surface area contributed by atoms with Gasteiger partial charge in [0.1, 0.15) is 5.92 Å². The molecule has 3 aromatic rings. The number of Topliss-reactive ketones (excluding diaryl/α,β-unsaturated/α-hetero) is 1. The standard InChI is InChI=1S/C23H18O3/c1-26-22(25)20-21(24)18-14-8-9-15-19(18)23(20,16-10-4-2-5-11-16)17-12-6-3-7-13-17/h2-15,20H,1H3. The number of esters is 1. The fourth-order valence-electron chi connectivity index (χ4n) is 4.16. The molecule has 0 saturated heterocycles. The summed E-state index contributed by atoms with van der Waals surface area (Å²) in [7, 11) is 1.33. The first-order chi connectivity index (χ1) is 12.7. The molecule has 1 aliphatic rings. The summed E-state index contributed by atoms with van der Waals surface area (Å²) in [5, 5.41) is 0. The second kappa shape index (κ2) is 6.26. The number of ether oxygens (including phenoxy) is 1. The Kier molecular flexibility index (Phi) is 3.92. The lowest BCUT2D eigenvalue weighted by Crippen LogP contribution is -2.41. The van der Waals surface area contributed by atoms with Crippen molar-refractivity contribution in [1.82, 2.24) is 0 Å². The number of fused-ring (bicyclic) bond motifs is 1. The smallest absolute Gasteiger partial charge is 0.318 e. The lowest BCUT2D eigenvalue weighted by Gasteiger charge is -2.35. The Morgan fingerprint density at radius 2 is 1.31 bits per heavy atom. The maximum Gasteiger partial charge on any atom is 0.318 e. The Balaban J connectivity index is 2.14. The molecule has 0 aliphatic heterocycles. The summed E-state index contributed by atoms with van der Waals surface area (Å²) in [6.45, 7) is 0. The SMILES string of the molecule is COC(=O)C1C(=O)c2ccccc2C1(c1ccccc1)c1ccccc1. The molecule has 0 aromatic heterocycles. The van der Waals surface area contributed by atoms with Crippen molar-refractivity contribution in [2.75, 3.05) is 7.11 Å². The normalized spacial score (nSPS) is 17.6. The van der Waals surface area contributed by atoms with Crippen LogP contribution in [0.1, 0.15) is 27.0 Å². The van der Waals surface area contributed by atoms with Crippen LogP contribution in [-0.2, 0) is 14.9 Å². The molecule has 0 saturated carbocycles. The topological polar surface area (TPSA) is 43.4 Å². The van der Waals surface area contributed by atoms with E-state index in [1.54, 1.807) is 6.07 Å². The van der Waals surface area contributed by atoms with E-state index in [1.807, 2.05) is 78.9 Å². The molecule has 26 heavy (non-hydrogen) atoms. The van der Waals surface area contributed by atoms with Crippen LogP contribution in [0.4, 0.5) is 0 Å². The minimum Gasteiger partial charge on any atom is -0.468 e. The molecule has 1 atom stereocenters. The van der Waals surface area contributed by atoms with Crippen LogP contribution in [0.25, 0.3) is 0 Å². The number of benzene rings is 3. The molecule has 0 fully saturated rings. The van der Waals surface area contributed by atoms with E-state index in [0.29, 0.717) is 5.56 Å². The van der Waals surface area contributed by atoms with Crippen LogP contribution in [0.15, 0.2) is 84.9 Å². The number of rotatable bonds is 3. The fraction of sp³-hybridized carbons (Fsp3) is 0.130.